The molecule has 0 saturated carbocycles. The average molecular weight is 467 g/mol. The van der Waals surface area contributed by atoms with Crippen molar-refractivity contribution in [2.75, 3.05) is 0 Å². The van der Waals surface area contributed by atoms with Gasteiger partial charge in [-0.15, -0.1) is 11.3 Å². The molecule has 3 aromatic carbocycles. The van der Waals surface area contributed by atoms with E-state index >= 15 is 0 Å². The number of para-hydroxylation sites is 1. The van der Waals surface area contributed by atoms with Crippen molar-refractivity contribution in [3.8, 4) is 0 Å². The third-order valence-electron chi connectivity index (χ3n) is 4.01. The summed E-state index contributed by atoms with van der Waals surface area (Å²) in [5, 5.41) is 0.750. The summed E-state index contributed by atoms with van der Waals surface area (Å²) in [5.74, 6) is -0.00990. The summed E-state index contributed by atoms with van der Waals surface area (Å²) >= 11 is 3.84. The van der Waals surface area contributed by atoms with Gasteiger partial charge in [0.05, 0.1) is 15.8 Å². The van der Waals surface area contributed by atoms with Gasteiger partial charge in [-0.1, -0.05) is 60.7 Å². The van der Waals surface area contributed by atoms with Crippen molar-refractivity contribution in [1.29, 1.82) is 0 Å². The van der Waals surface area contributed by atoms with Crippen molar-refractivity contribution in [1.82, 2.24) is 4.98 Å². The fraction of sp³-hybridized carbons (Fsp3) is 0. The van der Waals surface area contributed by atoms with Crippen molar-refractivity contribution < 1.29 is 4.79 Å². The monoisotopic (exact) mass is 467 g/mol. The second kappa shape index (κ2) is 7.51. The van der Waals surface area contributed by atoms with Crippen molar-refractivity contribution >= 4 is 61.6 Å². The third kappa shape index (κ3) is 3.48. The van der Waals surface area contributed by atoms with Gasteiger partial charge in [0.15, 0.2) is 5.78 Å². The lowest BCUT2D eigenvalue weighted by atomic mass is 10.0. The lowest BCUT2D eigenvalue weighted by Crippen LogP contribution is -2.02. The molecule has 0 aliphatic rings. The number of allylic oxidation sites excluding steroid dienone is 1. The highest BCUT2D eigenvalue weighted by Gasteiger charge is 2.18. The first-order valence-corrected chi connectivity index (χ1v) is 10.0. The molecule has 26 heavy (non-hydrogen) atoms. The molecule has 0 fully saturated rings. The zero-order valence-electron chi connectivity index (χ0n) is 13.7. The Kier molecular flexibility index (Phi) is 4.95. The molecule has 1 heterocycles. The van der Waals surface area contributed by atoms with Crippen molar-refractivity contribution in [3.05, 3.63) is 98.6 Å². The first kappa shape index (κ1) is 17.1. The van der Waals surface area contributed by atoms with Crippen LogP contribution in [0.3, 0.4) is 0 Å². The summed E-state index contributed by atoms with van der Waals surface area (Å²) in [6.07, 6.45) is 1.95. The summed E-state index contributed by atoms with van der Waals surface area (Å²) in [6, 6.07) is 25.4. The molecule has 4 aromatic rings. The predicted octanol–water partition coefficient (Wildman–Crippen LogP) is 6.32. The molecule has 0 aliphatic carbocycles. The number of fused-ring (bicyclic) bond motifs is 1. The van der Waals surface area contributed by atoms with E-state index in [4.69, 9.17) is 4.98 Å². The van der Waals surface area contributed by atoms with Crippen molar-refractivity contribution in [2.24, 2.45) is 0 Å². The third-order valence-corrected chi connectivity index (χ3v) is 6.06. The number of aromatic nitrogens is 1. The summed E-state index contributed by atoms with van der Waals surface area (Å²) in [6.45, 7) is 0. The molecule has 1 aromatic heterocycles. The number of ketones is 1. The number of halogens is 1. The van der Waals surface area contributed by atoms with Crippen LogP contribution in [0, 0.1) is 3.57 Å². The van der Waals surface area contributed by atoms with E-state index in [1.54, 1.807) is 11.3 Å². The molecule has 2 nitrogen and oxygen atoms in total. The zero-order chi connectivity index (χ0) is 17.9. The van der Waals surface area contributed by atoms with Gasteiger partial charge >= 0.3 is 0 Å². The number of Topliss-reactive ketones (excluding diaryl/α,β-unsaturated/α-hetero) is 1. The minimum atomic E-state index is -0.00990. The number of hydrogen-bond donors (Lipinski definition) is 0. The maximum atomic E-state index is 13.2. The van der Waals surface area contributed by atoms with E-state index in [0.717, 1.165) is 24.4 Å². The van der Waals surface area contributed by atoms with Crippen LogP contribution in [0.1, 0.15) is 20.9 Å². The Morgan fingerprint density at radius 3 is 2.35 bits per heavy atom. The molecular formula is C22H14INOS. The Labute approximate surface area is 169 Å². The van der Waals surface area contributed by atoms with Crippen LogP contribution < -0.4 is 0 Å². The predicted molar refractivity (Wildman–Crippen MR) is 117 cm³/mol. The minimum absolute atomic E-state index is 0.00990. The number of thiazole rings is 1. The maximum absolute atomic E-state index is 13.2. The number of hydrogen-bond acceptors (Lipinski definition) is 3. The summed E-state index contributed by atoms with van der Waals surface area (Å²) in [5.41, 5.74) is 3.24. The van der Waals surface area contributed by atoms with E-state index in [9.17, 15) is 4.79 Å². The van der Waals surface area contributed by atoms with E-state index in [1.165, 1.54) is 0 Å². The molecule has 4 rings (SSSR count). The molecule has 0 bridgehead atoms. The van der Waals surface area contributed by atoms with Crippen LogP contribution in [0.15, 0.2) is 78.9 Å². The van der Waals surface area contributed by atoms with Crippen molar-refractivity contribution in [3.63, 3.8) is 0 Å². The molecule has 0 unspecified atom stereocenters. The van der Waals surface area contributed by atoms with E-state index in [-0.39, 0.29) is 5.78 Å². The van der Waals surface area contributed by atoms with E-state index in [1.807, 2.05) is 84.9 Å². The van der Waals surface area contributed by atoms with Crippen LogP contribution in [0.4, 0.5) is 0 Å². The molecule has 0 radical (unpaired) electrons. The molecule has 0 N–H and O–H groups in total. The van der Waals surface area contributed by atoms with E-state index < -0.39 is 0 Å². The largest absolute Gasteiger partial charge is 0.288 e. The molecule has 0 amide bonds. The number of nitrogens with zero attached hydrogens (tertiary/aromatic N) is 1. The maximum Gasteiger partial charge on any atom is 0.196 e. The fourth-order valence-corrected chi connectivity index (χ4v) is 4.23. The standard InChI is InChI=1S/C22H14INOS/c23-18-11-5-4-10-16(18)14-17(21(25)15-8-2-1-3-9-15)22-24-19-12-6-7-13-20(19)26-22/h1-14H/b17-14+. The molecule has 0 aliphatic heterocycles. The number of carbonyl (C=O) groups is 1. The zero-order valence-corrected chi connectivity index (χ0v) is 16.7. The Morgan fingerprint density at radius 1 is 0.885 bits per heavy atom. The Morgan fingerprint density at radius 2 is 1.58 bits per heavy atom. The molecule has 4 heteroatoms. The smallest absolute Gasteiger partial charge is 0.196 e. The van der Waals surface area contributed by atoms with Gasteiger partial charge in [0.1, 0.15) is 5.01 Å². The van der Waals surface area contributed by atoms with E-state index in [0.29, 0.717) is 11.1 Å². The lowest BCUT2D eigenvalue weighted by molar-refractivity contribution is 0.105. The average Bonchev–Trinajstić information content (AvgIpc) is 3.11. The SMILES string of the molecule is O=C(/C(=C\c1ccccc1I)c1nc2ccccc2s1)c1ccccc1. The Hall–Kier alpha value is -2.31. The van der Waals surface area contributed by atoms with Gasteiger partial charge < -0.3 is 0 Å². The van der Waals surface area contributed by atoms with Crippen LogP contribution >= 0.6 is 33.9 Å². The quantitative estimate of drug-likeness (QED) is 0.200. The summed E-state index contributed by atoms with van der Waals surface area (Å²) in [7, 11) is 0. The topological polar surface area (TPSA) is 30.0 Å². The van der Waals surface area contributed by atoms with Crippen LogP contribution in [-0.2, 0) is 0 Å². The van der Waals surface area contributed by atoms with Gasteiger partial charge in [-0.2, -0.15) is 0 Å². The highest BCUT2D eigenvalue weighted by Crippen LogP contribution is 2.31. The minimum Gasteiger partial charge on any atom is -0.288 e. The van der Waals surface area contributed by atoms with Gasteiger partial charge in [0.25, 0.3) is 0 Å². The second-order valence-corrected chi connectivity index (χ2v) is 7.95. The number of rotatable bonds is 4. The van der Waals surface area contributed by atoms with Gasteiger partial charge in [0.2, 0.25) is 0 Å². The van der Waals surface area contributed by atoms with Crippen LogP contribution in [0.5, 0.6) is 0 Å². The van der Waals surface area contributed by atoms with Crippen molar-refractivity contribution in [2.45, 2.75) is 0 Å². The Bertz CT molecular complexity index is 1080. The van der Waals surface area contributed by atoms with Crippen LogP contribution in [-0.4, -0.2) is 10.8 Å². The normalized spacial score (nSPS) is 11.7. The van der Waals surface area contributed by atoms with Crippen LogP contribution in [0.25, 0.3) is 21.9 Å². The first-order chi connectivity index (χ1) is 12.7. The highest BCUT2D eigenvalue weighted by molar-refractivity contribution is 14.1. The van der Waals surface area contributed by atoms with Gasteiger partial charge in [-0.05, 0) is 52.4 Å². The van der Waals surface area contributed by atoms with E-state index in [2.05, 4.69) is 22.6 Å². The second-order valence-electron chi connectivity index (χ2n) is 5.76. The number of benzene rings is 3. The molecule has 0 saturated heterocycles. The summed E-state index contributed by atoms with van der Waals surface area (Å²) in [4.78, 5) is 17.9. The van der Waals surface area contributed by atoms with Gasteiger partial charge in [-0.3, -0.25) is 4.79 Å². The Balaban J connectivity index is 1.89. The summed E-state index contributed by atoms with van der Waals surface area (Å²) < 4.78 is 2.18. The fourth-order valence-electron chi connectivity index (χ4n) is 2.70. The molecule has 0 atom stereocenters. The molecular weight excluding hydrogens is 453 g/mol. The first-order valence-electron chi connectivity index (χ1n) is 8.14. The lowest BCUT2D eigenvalue weighted by Gasteiger charge is -2.06. The van der Waals surface area contributed by atoms with Crippen LogP contribution in [0.2, 0.25) is 0 Å². The molecule has 0 spiro atoms. The van der Waals surface area contributed by atoms with Gasteiger partial charge in [-0.25, -0.2) is 4.98 Å². The van der Waals surface area contributed by atoms with Gasteiger partial charge in [0, 0.05) is 9.13 Å². The number of carbonyl (C=O) groups excluding carboxylic acids is 1. The highest BCUT2D eigenvalue weighted by atomic mass is 127. The molecule has 126 valence electrons.